The molecule has 1 aliphatic carbocycles. The van der Waals surface area contributed by atoms with Crippen molar-refractivity contribution in [2.75, 3.05) is 57.3 Å². The zero-order valence-electron chi connectivity index (χ0n) is 20.0. The number of nitrogens with one attached hydrogen (secondary N) is 2. The summed E-state index contributed by atoms with van der Waals surface area (Å²) >= 11 is 0. The first-order valence-corrected chi connectivity index (χ1v) is 12.3. The Morgan fingerprint density at radius 1 is 1.06 bits per heavy atom. The number of pyridine rings is 1. The van der Waals surface area contributed by atoms with E-state index in [-0.39, 0.29) is 24.0 Å². The molecule has 2 N–H and O–H groups in total. The maximum Gasteiger partial charge on any atom is 0.191 e. The van der Waals surface area contributed by atoms with Crippen LogP contribution in [0.5, 0.6) is 0 Å². The van der Waals surface area contributed by atoms with Crippen LogP contribution in [0, 0.1) is 0 Å². The second-order valence-corrected chi connectivity index (χ2v) is 8.55. The molecular weight excluding hydrogens is 515 g/mol. The molecule has 0 radical (unpaired) electrons. The van der Waals surface area contributed by atoms with Crippen LogP contribution in [0.1, 0.15) is 57.9 Å². The SMILES string of the molecule is CCNC(=NCc1ccc(N2CCN(CC)CC2)nc1)NCCOC1CCCCCC1.I. The summed E-state index contributed by atoms with van der Waals surface area (Å²) in [5.41, 5.74) is 1.13. The van der Waals surface area contributed by atoms with Crippen LogP contribution in [0.4, 0.5) is 5.82 Å². The quantitative estimate of drug-likeness (QED) is 0.159. The Bertz CT molecular complexity index is 640. The number of piperazine rings is 1. The fourth-order valence-corrected chi connectivity index (χ4v) is 4.31. The lowest BCUT2D eigenvalue weighted by atomic mass is 10.1. The number of halogens is 1. The molecule has 2 aliphatic rings. The van der Waals surface area contributed by atoms with Gasteiger partial charge in [-0.15, -0.1) is 24.0 Å². The van der Waals surface area contributed by atoms with Crippen molar-refractivity contribution in [1.82, 2.24) is 20.5 Å². The van der Waals surface area contributed by atoms with Crippen molar-refractivity contribution in [3.63, 3.8) is 0 Å². The van der Waals surface area contributed by atoms with Crippen LogP contribution >= 0.6 is 24.0 Å². The van der Waals surface area contributed by atoms with Gasteiger partial charge in [-0.25, -0.2) is 9.98 Å². The second-order valence-electron chi connectivity index (χ2n) is 8.55. The zero-order chi connectivity index (χ0) is 21.7. The van der Waals surface area contributed by atoms with Crippen LogP contribution in [0.15, 0.2) is 23.3 Å². The molecule has 0 spiro atoms. The Morgan fingerprint density at radius 3 is 2.44 bits per heavy atom. The number of hydrogen-bond acceptors (Lipinski definition) is 5. The summed E-state index contributed by atoms with van der Waals surface area (Å²) < 4.78 is 6.08. The van der Waals surface area contributed by atoms with Crippen molar-refractivity contribution >= 4 is 35.8 Å². The first-order chi connectivity index (χ1) is 15.3. The van der Waals surface area contributed by atoms with Gasteiger partial charge in [-0.3, -0.25) is 0 Å². The minimum absolute atomic E-state index is 0. The lowest BCUT2D eigenvalue weighted by Gasteiger charge is -2.34. The average Bonchev–Trinajstić information content (AvgIpc) is 3.09. The van der Waals surface area contributed by atoms with Gasteiger partial charge in [0.15, 0.2) is 5.96 Å². The molecule has 32 heavy (non-hydrogen) atoms. The van der Waals surface area contributed by atoms with Crippen molar-refractivity contribution < 1.29 is 4.74 Å². The van der Waals surface area contributed by atoms with Crippen LogP contribution in [-0.4, -0.2) is 74.4 Å². The fraction of sp³-hybridized carbons (Fsp3) is 0.750. The van der Waals surface area contributed by atoms with Gasteiger partial charge >= 0.3 is 0 Å². The summed E-state index contributed by atoms with van der Waals surface area (Å²) in [5, 5.41) is 6.72. The molecule has 2 fully saturated rings. The summed E-state index contributed by atoms with van der Waals surface area (Å²) in [5.74, 6) is 1.91. The predicted octanol–water partition coefficient (Wildman–Crippen LogP) is 3.64. The molecule has 0 bridgehead atoms. The number of guanidine groups is 1. The Hall–Kier alpha value is -1.13. The number of rotatable bonds is 9. The summed E-state index contributed by atoms with van der Waals surface area (Å²) in [6, 6.07) is 4.28. The van der Waals surface area contributed by atoms with Crippen molar-refractivity contribution in [1.29, 1.82) is 0 Å². The lowest BCUT2D eigenvalue weighted by molar-refractivity contribution is 0.0468. The van der Waals surface area contributed by atoms with Crippen molar-refractivity contribution in [2.24, 2.45) is 4.99 Å². The number of nitrogens with zero attached hydrogens (tertiary/aromatic N) is 4. The molecule has 182 valence electrons. The van der Waals surface area contributed by atoms with E-state index in [1.54, 1.807) is 0 Å². The molecule has 2 heterocycles. The average molecular weight is 559 g/mol. The van der Waals surface area contributed by atoms with E-state index in [2.05, 4.69) is 51.4 Å². The van der Waals surface area contributed by atoms with Gasteiger partial charge < -0.3 is 25.2 Å². The molecule has 1 aromatic heterocycles. The van der Waals surface area contributed by atoms with E-state index in [4.69, 9.17) is 9.73 Å². The molecule has 0 amide bonds. The number of likely N-dealkylation sites (N-methyl/N-ethyl adjacent to an activating group) is 1. The maximum absolute atomic E-state index is 6.08. The standard InChI is InChI=1S/C24H42N6O.HI/c1-3-25-24(26-13-18-31-22-9-7-5-6-8-10-22)28-20-21-11-12-23(27-19-21)30-16-14-29(4-2)15-17-30;/h11-12,19,22H,3-10,13-18,20H2,1-2H3,(H2,25,26,28);1H. The van der Waals surface area contributed by atoms with E-state index in [0.717, 1.165) is 69.8 Å². The Labute approximate surface area is 211 Å². The number of aliphatic imine (C=N–C) groups is 1. The normalized spacial score (nSPS) is 18.7. The molecule has 3 rings (SSSR count). The van der Waals surface area contributed by atoms with E-state index in [9.17, 15) is 0 Å². The highest BCUT2D eigenvalue weighted by Crippen LogP contribution is 2.19. The van der Waals surface area contributed by atoms with Gasteiger partial charge in [0.05, 0.1) is 19.3 Å². The van der Waals surface area contributed by atoms with Crippen molar-refractivity contribution in [3.05, 3.63) is 23.9 Å². The van der Waals surface area contributed by atoms with E-state index in [1.165, 1.54) is 38.5 Å². The predicted molar refractivity (Wildman–Crippen MR) is 144 cm³/mol. The molecule has 0 atom stereocenters. The van der Waals surface area contributed by atoms with Crippen LogP contribution in [0.25, 0.3) is 0 Å². The third kappa shape index (κ3) is 9.39. The number of ether oxygens (including phenoxy) is 1. The second kappa shape index (κ2) is 15.7. The first kappa shape index (κ1) is 27.1. The largest absolute Gasteiger partial charge is 0.376 e. The summed E-state index contributed by atoms with van der Waals surface area (Å²) in [4.78, 5) is 14.3. The van der Waals surface area contributed by atoms with Gasteiger partial charge in [0.2, 0.25) is 0 Å². The third-order valence-corrected chi connectivity index (χ3v) is 6.27. The molecule has 0 unspecified atom stereocenters. The van der Waals surface area contributed by atoms with Crippen LogP contribution in [0.2, 0.25) is 0 Å². The zero-order valence-corrected chi connectivity index (χ0v) is 22.4. The minimum Gasteiger partial charge on any atom is -0.376 e. The molecule has 1 saturated carbocycles. The molecule has 8 heteroatoms. The Balaban J connectivity index is 0.00000363. The minimum atomic E-state index is 0. The highest BCUT2D eigenvalue weighted by Gasteiger charge is 2.16. The maximum atomic E-state index is 6.08. The van der Waals surface area contributed by atoms with Crippen molar-refractivity contribution in [2.45, 2.75) is 65.0 Å². The molecule has 1 aliphatic heterocycles. The van der Waals surface area contributed by atoms with E-state index in [0.29, 0.717) is 12.6 Å². The number of aromatic nitrogens is 1. The van der Waals surface area contributed by atoms with Crippen LogP contribution in [-0.2, 0) is 11.3 Å². The monoisotopic (exact) mass is 558 g/mol. The van der Waals surface area contributed by atoms with Gasteiger partial charge in [-0.2, -0.15) is 0 Å². The Kier molecular flexibility index (Phi) is 13.3. The summed E-state index contributed by atoms with van der Waals surface area (Å²) in [6.07, 6.45) is 10.2. The van der Waals surface area contributed by atoms with Gasteiger partial charge in [0, 0.05) is 45.5 Å². The van der Waals surface area contributed by atoms with Crippen LogP contribution in [0.3, 0.4) is 0 Å². The van der Waals surface area contributed by atoms with Gasteiger partial charge in [0.25, 0.3) is 0 Å². The smallest absolute Gasteiger partial charge is 0.191 e. The van der Waals surface area contributed by atoms with E-state index in [1.807, 2.05) is 6.20 Å². The number of hydrogen-bond donors (Lipinski definition) is 2. The molecule has 7 nitrogen and oxygen atoms in total. The number of anilines is 1. The Morgan fingerprint density at radius 2 is 1.81 bits per heavy atom. The van der Waals surface area contributed by atoms with Crippen LogP contribution < -0.4 is 15.5 Å². The summed E-state index contributed by atoms with van der Waals surface area (Å²) in [7, 11) is 0. The summed E-state index contributed by atoms with van der Waals surface area (Å²) in [6.45, 7) is 12.8. The van der Waals surface area contributed by atoms with E-state index >= 15 is 0 Å². The molecule has 1 aromatic rings. The topological polar surface area (TPSA) is 65.0 Å². The first-order valence-electron chi connectivity index (χ1n) is 12.3. The van der Waals surface area contributed by atoms with Gasteiger partial charge in [-0.05, 0) is 37.9 Å². The van der Waals surface area contributed by atoms with Gasteiger partial charge in [0.1, 0.15) is 5.82 Å². The molecular formula is C24H43IN6O. The lowest BCUT2D eigenvalue weighted by Crippen LogP contribution is -2.46. The fourth-order valence-electron chi connectivity index (χ4n) is 4.31. The third-order valence-electron chi connectivity index (χ3n) is 6.27. The van der Waals surface area contributed by atoms with Gasteiger partial charge in [-0.1, -0.05) is 38.7 Å². The van der Waals surface area contributed by atoms with Crippen molar-refractivity contribution in [3.8, 4) is 0 Å². The highest BCUT2D eigenvalue weighted by atomic mass is 127. The highest BCUT2D eigenvalue weighted by molar-refractivity contribution is 14.0. The molecule has 1 saturated heterocycles. The van der Waals surface area contributed by atoms with E-state index < -0.39 is 0 Å². The molecule has 0 aromatic carbocycles.